The molecule has 0 aliphatic rings. The fourth-order valence-corrected chi connectivity index (χ4v) is 2.35. The van der Waals surface area contributed by atoms with Gasteiger partial charge in [0, 0.05) is 12.8 Å². The van der Waals surface area contributed by atoms with Crippen LogP contribution < -0.4 is 16.4 Å². The maximum atomic E-state index is 12.0. The van der Waals surface area contributed by atoms with Gasteiger partial charge in [0.1, 0.15) is 6.04 Å². The van der Waals surface area contributed by atoms with E-state index in [1.54, 1.807) is 0 Å². The predicted octanol–water partition coefficient (Wildman–Crippen LogP) is 0.184. The smallest absolute Gasteiger partial charge is 0.331 e. The molecule has 0 aromatic rings. The van der Waals surface area contributed by atoms with E-state index < -0.39 is 54.1 Å². The molecule has 0 aliphatic carbocycles. The van der Waals surface area contributed by atoms with Crippen molar-refractivity contribution in [2.24, 2.45) is 5.73 Å². The number of hydrogen-bond acceptors (Lipinski definition) is 6. The summed E-state index contributed by atoms with van der Waals surface area (Å²) in [6, 6.07) is -1.30. The minimum atomic E-state index is -2.20. The minimum Gasteiger partial charge on any atom is -0.480 e. The Labute approximate surface area is 165 Å². The molecule has 160 valence electrons. The van der Waals surface area contributed by atoms with Gasteiger partial charge in [-0.1, -0.05) is 33.1 Å². The zero-order valence-electron chi connectivity index (χ0n) is 17.4. The molecule has 0 bridgehead atoms. The van der Waals surface area contributed by atoms with Crippen LogP contribution in [0.15, 0.2) is 0 Å². The van der Waals surface area contributed by atoms with Crippen LogP contribution in [0.4, 0.5) is 0 Å². The topological polar surface area (TPSA) is 176 Å². The van der Waals surface area contributed by atoms with Gasteiger partial charge in [-0.15, -0.1) is 0 Å². The van der Waals surface area contributed by atoms with Crippen LogP contribution in [-0.4, -0.2) is 57.9 Å². The number of nitrogens with one attached hydrogen (secondary N) is 2. The molecule has 1 unspecified atom stereocenters. The van der Waals surface area contributed by atoms with E-state index in [4.69, 9.17) is 12.3 Å². The van der Waals surface area contributed by atoms with Gasteiger partial charge in [-0.3, -0.25) is 14.4 Å². The Morgan fingerprint density at radius 2 is 1.68 bits per heavy atom. The Balaban J connectivity index is 4.65. The third-order valence-corrected chi connectivity index (χ3v) is 4.37. The monoisotopic (exact) mass is 402 g/mol. The lowest BCUT2D eigenvalue weighted by molar-refractivity contribution is -0.148. The average molecular weight is 402 g/mol. The molecule has 0 aromatic carbocycles. The molecule has 2 atom stereocenters. The first-order valence-electron chi connectivity index (χ1n) is 9.81. The maximum absolute atomic E-state index is 12.0. The molecule has 0 fully saturated rings. The van der Waals surface area contributed by atoms with Crippen LogP contribution in [0.3, 0.4) is 0 Å². The number of carboxylic acids is 2. The van der Waals surface area contributed by atoms with Crippen LogP contribution in [0, 0.1) is 0 Å². The number of aliphatic carboxylic acids is 2. The number of amides is 2. The summed E-state index contributed by atoms with van der Waals surface area (Å²) in [5, 5.41) is 20.9. The van der Waals surface area contributed by atoms with E-state index in [-0.39, 0.29) is 24.6 Å². The number of carbonyl (C=O) groups excluding carboxylic acids is 3. The third-order valence-electron chi connectivity index (χ3n) is 4.37. The van der Waals surface area contributed by atoms with Crippen molar-refractivity contribution in [2.45, 2.75) is 76.8 Å². The Morgan fingerprint density at radius 1 is 1.04 bits per heavy atom. The van der Waals surface area contributed by atoms with Crippen molar-refractivity contribution in [3.8, 4) is 0 Å². The second-order valence-corrected chi connectivity index (χ2v) is 6.57. The van der Waals surface area contributed by atoms with E-state index in [9.17, 15) is 29.1 Å². The van der Waals surface area contributed by atoms with Gasteiger partial charge < -0.3 is 26.6 Å². The lowest BCUT2D eigenvalue weighted by Gasteiger charge is -2.21. The average Bonchev–Trinajstić information content (AvgIpc) is 2.66. The lowest BCUT2D eigenvalue weighted by Crippen LogP contribution is -2.57. The van der Waals surface area contributed by atoms with Crippen LogP contribution >= 0.6 is 0 Å². The molecule has 10 nitrogen and oxygen atoms in total. The van der Waals surface area contributed by atoms with Crippen LogP contribution in [-0.2, 0) is 24.0 Å². The van der Waals surface area contributed by atoms with Crippen molar-refractivity contribution in [3.63, 3.8) is 0 Å². The van der Waals surface area contributed by atoms with Gasteiger partial charge in [0.05, 0.1) is 6.54 Å². The van der Waals surface area contributed by atoms with E-state index in [1.165, 1.54) is 6.92 Å². The molecule has 0 radical (unpaired) electrons. The largest absolute Gasteiger partial charge is 0.480 e. The van der Waals surface area contributed by atoms with Gasteiger partial charge >= 0.3 is 11.9 Å². The number of nitrogens with two attached hydrogens (primary N) is 1. The number of unbranched alkanes of at least 4 members (excludes halogenated alkanes) is 3. The Hall–Kier alpha value is -2.49. The lowest BCUT2D eigenvalue weighted by atomic mass is 9.92. The molecule has 10 heteroatoms. The molecular weight excluding hydrogens is 370 g/mol. The molecule has 2 amide bonds. The second kappa shape index (κ2) is 12.8. The normalized spacial score (nSPS) is 14.3. The third kappa shape index (κ3) is 8.94. The van der Waals surface area contributed by atoms with Crippen molar-refractivity contribution < 1.29 is 35.6 Å². The standard InChI is InChI=1S/C18H31N3O7/c1-3-5-6-7-8-15(24)21-12(16(25)26)9-10-14(23)20-11-13(22)18(19,4-2)17(27)28/h12H,3-11,19H2,1-2H3,(H,20,23)(H,21,24)(H,25,26)(H,27,28)/t12-,18?/m1/s1/i/hD. The Kier molecular flexibility index (Phi) is 10.8. The minimum absolute atomic E-state index is 0.182. The first-order valence-corrected chi connectivity index (χ1v) is 9.36. The number of hydrogen-bond donors (Lipinski definition) is 5. The number of carbonyl (C=O) groups is 5. The van der Waals surface area contributed by atoms with E-state index in [1.807, 2.05) is 6.92 Å². The van der Waals surface area contributed by atoms with Gasteiger partial charge in [-0.25, -0.2) is 9.59 Å². The summed E-state index contributed by atoms with van der Waals surface area (Å²) in [4.78, 5) is 58.3. The van der Waals surface area contributed by atoms with Crippen LogP contribution in [0.2, 0.25) is 1.41 Å². The predicted molar refractivity (Wildman–Crippen MR) is 100 cm³/mol. The molecule has 0 heterocycles. The summed E-state index contributed by atoms with van der Waals surface area (Å²) in [7, 11) is 0. The molecule has 0 saturated heterocycles. The first-order chi connectivity index (χ1) is 13.5. The summed E-state index contributed by atoms with van der Waals surface area (Å²) in [6.07, 6.45) is 2.76. The fraction of sp³-hybridized carbons (Fsp3) is 0.722. The summed E-state index contributed by atoms with van der Waals surface area (Å²) >= 11 is 0. The van der Waals surface area contributed by atoms with E-state index in [0.717, 1.165) is 19.3 Å². The highest BCUT2D eigenvalue weighted by molar-refractivity contribution is 6.09. The summed E-state index contributed by atoms with van der Waals surface area (Å²) in [6.45, 7) is 2.58. The Bertz CT molecular complexity index is 614. The molecule has 6 N–H and O–H groups in total. The Morgan fingerprint density at radius 3 is 2.18 bits per heavy atom. The number of rotatable bonds is 15. The first kappa shape index (κ1) is 23.5. The number of ketones is 1. The van der Waals surface area contributed by atoms with Crippen LogP contribution in [0.25, 0.3) is 0 Å². The van der Waals surface area contributed by atoms with E-state index in [0.29, 0.717) is 6.42 Å². The van der Waals surface area contributed by atoms with Crippen molar-refractivity contribution in [1.29, 1.82) is 0 Å². The van der Waals surface area contributed by atoms with Crippen LogP contribution in [0.1, 0.15) is 65.2 Å². The number of Topliss-reactive ketones (excluding diaryl/α,β-unsaturated/α-hetero) is 1. The second-order valence-electron chi connectivity index (χ2n) is 6.57. The maximum Gasteiger partial charge on any atom is 0.331 e. The SMILES string of the molecule is [2H]N(CC(=O)C(N)(CC)C(=O)O)C(=O)CC[C@@H](NC(=O)CCCCCC)C(=O)O. The summed E-state index contributed by atoms with van der Waals surface area (Å²) in [5.41, 5.74) is 3.31. The highest BCUT2D eigenvalue weighted by Gasteiger charge is 2.39. The van der Waals surface area contributed by atoms with E-state index >= 15 is 0 Å². The molecule has 0 rings (SSSR count). The molecule has 0 aromatic heterocycles. The number of carboxylic acid groups (broad SMARTS) is 2. The summed E-state index contributed by atoms with van der Waals surface area (Å²) < 4.78 is 7.61. The molecule has 28 heavy (non-hydrogen) atoms. The molecule has 0 aliphatic heterocycles. The fourth-order valence-electron chi connectivity index (χ4n) is 2.35. The van der Waals surface area contributed by atoms with Gasteiger partial charge in [-0.2, -0.15) is 0 Å². The molecule has 0 saturated carbocycles. The van der Waals surface area contributed by atoms with Crippen molar-refractivity contribution in [2.75, 3.05) is 6.54 Å². The van der Waals surface area contributed by atoms with Gasteiger partial charge in [0.2, 0.25) is 11.8 Å². The molecular formula is C18H31N3O7. The summed E-state index contributed by atoms with van der Waals surface area (Å²) in [5.74, 6) is -5.20. The van der Waals surface area contributed by atoms with Crippen molar-refractivity contribution in [3.05, 3.63) is 0 Å². The zero-order valence-corrected chi connectivity index (χ0v) is 16.4. The van der Waals surface area contributed by atoms with Gasteiger partial charge in [0.15, 0.2) is 12.7 Å². The van der Waals surface area contributed by atoms with Crippen LogP contribution in [0.5, 0.6) is 0 Å². The van der Waals surface area contributed by atoms with Crippen molar-refractivity contribution in [1.82, 2.24) is 10.6 Å². The highest BCUT2D eigenvalue weighted by atomic mass is 16.4. The quantitative estimate of drug-likeness (QED) is 0.190. The van der Waals surface area contributed by atoms with E-state index in [2.05, 4.69) is 5.32 Å². The van der Waals surface area contributed by atoms with Gasteiger partial charge in [-0.05, 0) is 19.3 Å². The van der Waals surface area contributed by atoms with Gasteiger partial charge in [0.25, 0.3) is 0 Å². The zero-order chi connectivity index (χ0) is 22.6. The van der Waals surface area contributed by atoms with Crippen molar-refractivity contribution >= 4 is 29.5 Å². The molecule has 0 spiro atoms. The highest BCUT2D eigenvalue weighted by Crippen LogP contribution is 2.08.